The average Bonchev–Trinajstić information content (AvgIpc) is 3.33. The van der Waals surface area contributed by atoms with Crippen molar-refractivity contribution in [3.8, 4) is 11.5 Å². The summed E-state index contributed by atoms with van der Waals surface area (Å²) in [6, 6.07) is 16.1. The standard InChI is InChI=1S/C51H61FN4O11/c1-3-28-64-51-45(55(33-35-14-19-37(52)20-15-35)46(59)25-18-34-16-21-38(22-17-34)56(61)62)32-43(54-67-47-13-7-10-29-63-47)41-30-36(11-5-8-26-57)40(12-6-9-27-58)48(49(41)51)42-31-39(23-24-44(42)66-51)65-50(60)53-4-2/h3,14-25,30-31,36,40,45,47-49,57-58H,1,4-13,26-29,32-33H2,2H3,(H,53,60)/t36-,40+,45-,47?,48+,49+,51+/m0/s1. The van der Waals surface area contributed by atoms with Crippen molar-refractivity contribution in [1.29, 1.82) is 0 Å². The van der Waals surface area contributed by atoms with Crippen molar-refractivity contribution in [3.63, 3.8) is 0 Å². The van der Waals surface area contributed by atoms with Crippen LogP contribution in [0.5, 0.6) is 11.5 Å². The number of oxime groups is 1. The van der Waals surface area contributed by atoms with Crippen LogP contribution in [0, 0.1) is 33.7 Å². The molecule has 4 aliphatic rings. The summed E-state index contributed by atoms with van der Waals surface area (Å²) in [5.41, 5.74) is 3.22. The third-order valence-corrected chi connectivity index (χ3v) is 13.0. The minimum Gasteiger partial charge on any atom is -0.459 e. The van der Waals surface area contributed by atoms with Crippen LogP contribution < -0.4 is 14.8 Å². The van der Waals surface area contributed by atoms with Gasteiger partial charge in [-0.2, -0.15) is 0 Å². The van der Waals surface area contributed by atoms with Crippen LogP contribution in [-0.4, -0.2) is 88.8 Å². The van der Waals surface area contributed by atoms with Crippen LogP contribution in [0.1, 0.15) is 93.7 Å². The van der Waals surface area contributed by atoms with Gasteiger partial charge in [0.15, 0.2) is 0 Å². The number of non-ortho nitro benzene ring substituents is 1. The molecule has 3 N–H and O–H groups in total. The topological polar surface area (TPSA) is 192 Å². The molecular weight excluding hydrogens is 864 g/mol. The van der Waals surface area contributed by atoms with Gasteiger partial charge in [0.2, 0.25) is 18.0 Å². The normalized spacial score (nSPS) is 24.7. The van der Waals surface area contributed by atoms with E-state index >= 15 is 4.79 Å². The van der Waals surface area contributed by atoms with Crippen LogP contribution in [-0.2, 0) is 25.7 Å². The van der Waals surface area contributed by atoms with Gasteiger partial charge in [-0.25, -0.2) is 9.18 Å². The van der Waals surface area contributed by atoms with Crippen LogP contribution in [0.3, 0.4) is 0 Å². The summed E-state index contributed by atoms with van der Waals surface area (Å²) in [6.45, 7) is 6.76. The third-order valence-electron chi connectivity index (χ3n) is 13.0. The lowest BCUT2D eigenvalue weighted by Crippen LogP contribution is -2.70. The molecular formula is C51H61FN4O11. The molecule has 2 amide bonds. The summed E-state index contributed by atoms with van der Waals surface area (Å²) in [5.74, 6) is -2.96. The van der Waals surface area contributed by atoms with E-state index in [0.717, 1.165) is 36.8 Å². The number of aliphatic hydroxyl groups is 2. The van der Waals surface area contributed by atoms with Crippen LogP contribution in [0.25, 0.3) is 6.08 Å². The van der Waals surface area contributed by atoms with Crippen molar-refractivity contribution in [3.05, 3.63) is 130 Å². The molecule has 3 aromatic carbocycles. The van der Waals surface area contributed by atoms with Crippen LogP contribution in [0.15, 0.2) is 102 Å². The zero-order valence-electron chi connectivity index (χ0n) is 37.9. The molecule has 7 rings (SSSR count). The van der Waals surface area contributed by atoms with E-state index in [1.165, 1.54) is 30.3 Å². The van der Waals surface area contributed by atoms with Gasteiger partial charge in [0, 0.05) is 68.8 Å². The summed E-state index contributed by atoms with van der Waals surface area (Å²) in [7, 11) is 0. The number of halogens is 1. The maximum atomic E-state index is 15.1. The summed E-state index contributed by atoms with van der Waals surface area (Å²) >= 11 is 0. The number of hydrogen-bond acceptors (Lipinski definition) is 12. The molecule has 0 radical (unpaired) electrons. The van der Waals surface area contributed by atoms with E-state index in [-0.39, 0.29) is 50.3 Å². The minimum atomic E-state index is -1.62. The molecule has 1 saturated carbocycles. The fourth-order valence-electron chi connectivity index (χ4n) is 10.0. The Labute approximate surface area is 390 Å². The van der Waals surface area contributed by atoms with Crippen molar-refractivity contribution < 1.29 is 52.9 Å². The second-order valence-electron chi connectivity index (χ2n) is 17.4. The number of fused-ring (bicyclic) bond motifs is 2. The summed E-state index contributed by atoms with van der Waals surface area (Å²) in [5, 5.41) is 38.9. The average molecular weight is 925 g/mol. The van der Waals surface area contributed by atoms with Gasteiger partial charge >= 0.3 is 6.09 Å². The number of unbranched alkanes of at least 4 members (excludes halogenated alkanes) is 2. The zero-order chi connectivity index (χ0) is 47.3. The largest absolute Gasteiger partial charge is 0.459 e. The number of nitrogens with zero attached hydrogens (tertiary/aromatic N) is 3. The first-order valence-corrected chi connectivity index (χ1v) is 23.4. The lowest BCUT2D eigenvalue weighted by atomic mass is 9.55. The van der Waals surface area contributed by atoms with Crippen molar-refractivity contribution in [2.45, 2.75) is 102 Å². The highest BCUT2D eigenvalue weighted by atomic mass is 19.1. The molecule has 0 spiro atoms. The van der Waals surface area contributed by atoms with Gasteiger partial charge < -0.3 is 44.2 Å². The van der Waals surface area contributed by atoms with Gasteiger partial charge in [-0.3, -0.25) is 14.9 Å². The Morgan fingerprint density at radius 3 is 2.49 bits per heavy atom. The van der Waals surface area contributed by atoms with Crippen LogP contribution >= 0.6 is 0 Å². The zero-order valence-corrected chi connectivity index (χ0v) is 37.9. The van der Waals surface area contributed by atoms with E-state index in [4.69, 9.17) is 28.9 Å². The Hall–Kier alpha value is -5.94. The molecule has 1 saturated heterocycles. The number of carbonyl (C=O) groups is 2. The molecule has 2 aliphatic carbocycles. The Kier molecular flexibility index (Phi) is 16.9. The molecule has 67 heavy (non-hydrogen) atoms. The molecule has 2 heterocycles. The molecule has 3 aromatic rings. The maximum absolute atomic E-state index is 15.1. The Balaban J connectivity index is 1.45. The number of amides is 2. The smallest absolute Gasteiger partial charge is 0.412 e. The highest BCUT2D eigenvalue weighted by Gasteiger charge is 2.65. The summed E-state index contributed by atoms with van der Waals surface area (Å²) in [4.78, 5) is 46.8. The molecule has 1 unspecified atom stereocenters. The van der Waals surface area contributed by atoms with Gasteiger partial charge in [-0.15, -0.1) is 6.58 Å². The predicted octanol–water partition coefficient (Wildman–Crippen LogP) is 8.74. The molecule has 7 atom stereocenters. The van der Waals surface area contributed by atoms with E-state index in [1.54, 1.807) is 60.4 Å². The minimum absolute atomic E-state index is 0.0108. The van der Waals surface area contributed by atoms with Gasteiger partial charge in [-0.1, -0.05) is 42.3 Å². The Bertz CT molecular complexity index is 2280. The van der Waals surface area contributed by atoms with E-state index in [1.807, 2.05) is 6.07 Å². The third kappa shape index (κ3) is 11.6. The van der Waals surface area contributed by atoms with Gasteiger partial charge in [0.25, 0.3) is 5.69 Å². The lowest BCUT2D eigenvalue weighted by molar-refractivity contribution is -0.384. The molecule has 15 nitrogen and oxygen atoms in total. The number of nitro groups is 1. The molecule has 0 bridgehead atoms. The maximum Gasteiger partial charge on any atom is 0.412 e. The van der Waals surface area contributed by atoms with E-state index in [9.17, 15) is 29.5 Å². The second-order valence-corrected chi connectivity index (χ2v) is 17.4. The number of hydrogen-bond donors (Lipinski definition) is 3. The number of nitrogens with one attached hydrogen (secondary N) is 1. The number of aliphatic hydroxyl groups excluding tert-OH is 2. The lowest BCUT2D eigenvalue weighted by Gasteiger charge is -2.60. The molecule has 2 aliphatic heterocycles. The number of carbonyl (C=O) groups excluding carboxylic acids is 2. The highest BCUT2D eigenvalue weighted by Crippen LogP contribution is 2.62. The molecule has 2 fully saturated rings. The van der Waals surface area contributed by atoms with Crippen molar-refractivity contribution in [1.82, 2.24) is 10.2 Å². The molecule has 0 aromatic heterocycles. The quantitative estimate of drug-likeness (QED) is 0.0304. The van der Waals surface area contributed by atoms with E-state index in [0.29, 0.717) is 73.6 Å². The Morgan fingerprint density at radius 2 is 1.81 bits per heavy atom. The SMILES string of the molecule is C=CCO[C@@]12Oc3ccc(OC(=O)NCC)cc3[C@H]3[C@H](CCCCO)[C@@H](CCCCO)C=C(C(=NOC4CCCCO4)C[C@@H]1N(Cc1ccc(F)cc1)C(=O)C=Cc1ccc([N+](=O)[O-])cc1)[C@H]32. The van der Waals surface area contributed by atoms with Gasteiger partial charge in [-0.05, 0) is 123 Å². The fraction of sp³-hybridized carbons (Fsp3) is 0.471. The monoisotopic (exact) mass is 924 g/mol. The number of rotatable bonds is 21. The Morgan fingerprint density at radius 1 is 1.04 bits per heavy atom. The van der Waals surface area contributed by atoms with Gasteiger partial charge in [0.05, 0.1) is 29.8 Å². The van der Waals surface area contributed by atoms with E-state index in [2.05, 4.69) is 18.0 Å². The van der Waals surface area contributed by atoms with Crippen LogP contribution in [0.4, 0.5) is 14.9 Å². The van der Waals surface area contributed by atoms with E-state index < -0.39 is 52.7 Å². The summed E-state index contributed by atoms with van der Waals surface area (Å²) in [6.07, 6.45) is 12.2. The summed E-state index contributed by atoms with van der Waals surface area (Å²) < 4.78 is 40.6. The van der Waals surface area contributed by atoms with Crippen molar-refractivity contribution >= 4 is 29.5 Å². The number of nitro benzene ring substituents is 1. The molecule has 16 heteroatoms. The molecule has 358 valence electrons. The van der Waals surface area contributed by atoms with Crippen molar-refractivity contribution in [2.75, 3.05) is 33.0 Å². The number of benzene rings is 3. The first-order chi connectivity index (χ1) is 32.6. The predicted molar refractivity (Wildman–Crippen MR) is 248 cm³/mol. The second kappa shape index (κ2) is 23.2. The first kappa shape index (κ1) is 49.0. The number of allylic oxidation sites excluding steroid dienone is 1. The first-order valence-electron chi connectivity index (χ1n) is 23.4. The van der Waals surface area contributed by atoms with Crippen molar-refractivity contribution in [2.24, 2.45) is 22.9 Å². The highest BCUT2D eigenvalue weighted by molar-refractivity contribution is 6.03. The fourth-order valence-corrected chi connectivity index (χ4v) is 10.0. The number of ether oxygens (including phenoxy) is 4. The van der Waals surface area contributed by atoms with Crippen LogP contribution in [0.2, 0.25) is 0 Å². The van der Waals surface area contributed by atoms with Gasteiger partial charge in [0.1, 0.15) is 23.4 Å².